The van der Waals surface area contributed by atoms with Gasteiger partial charge in [-0.2, -0.15) is 5.10 Å². The van der Waals surface area contributed by atoms with Crippen molar-refractivity contribution >= 4 is 33.9 Å². The Labute approximate surface area is 175 Å². The number of thiazole rings is 1. The number of rotatable bonds is 4. The first-order chi connectivity index (χ1) is 14.5. The van der Waals surface area contributed by atoms with Crippen molar-refractivity contribution < 1.29 is 9.59 Å². The first-order valence-electron chi connectivity index (χ1n) is 9.09. The predicted octanol–water partition coefficient (Wildman–Crippen LogP) is 2.36. The highest BCUT2D eigenvalue weighted by Gasteiger charge is 2.15. The van der Waals surface area contributed by atoms with Gasteiger partial charge < -0.3 is 0 Å². The zero-order valence-electron chi connectivity index (χ0n) is 15.9. The summed E-state index contributed by atoms with van der Waals surface area (Å²) in [6, 6.07) is 14.6. The Balaban J connectivity index is 1.41. The molecule has 0 aliphatic heterocycles. The third-order valence-electron chi connectivity index (χ3n) is 4.39. The van der Waals surface area contributed by atoms with Gasteiger partial charge in [0.1, 0.15) is 5.01 Å². The molecule has 2 heterocycles. The number of hydrazine groups is 1. The van der Waals surface area contributed by atoms with E-state index in [0.717, 1.165) is 16.1 Å². The molecule has 30 heavy (non-hydrogen) atoms. The summed E-state index contributed by atoms with van der Waals surface area (Å²) in [6.45, 7) is 2.01. The van der Waals surface area contributed by atoms with E-state index in [4.69, 9.17) is 0 Å². The largest absolute Gasteiger partial charge is 0.290 e. The minimum atomic E-state index is -0.630. The van der Waals surface area contributed by atoms with Gasteiger partial charge in [-0.15, -0.1) is 11.3 Å². The number of carbonyl (C=O) groups excluding carboxylic acids is 2. The van der Waals surface area contributed by atoms with Crippen LogP contribution in [0.2, 0.25) is 0 Å². The van der Waals surface area contributed by atoms with Gasteiger partial charge in [-0.25, -0.2) is 10.1 Å². The van der Waals surface area contributed by atoms with Crippen molar-refractivity contribution in [2.24, 2.45) is 0 Å². The van der Waals surface area contributed by atoms with Gasteiger partial charge in [0.15, 0.2) is 5.69 Å². The number of hydrogen-bond acceptors (Lipinski definition) is 6. The summed E-state index contributed by atoms with van der Waals surface area (Å²) in [4.78, 5) is 41.0. The van der Waals surface area contributed by atoms with Crippen LogP contribution in [0.15, 0.2) is 58.7 Å². The maximum Gasteiger partial charge on any atom is 0.290 e. The first-order valence-corrected chi connectivity index (χ1v) is 9.97. The summed E-state index contributed by atoms with van der Waals surface area (Å²) >= 11 is 1.46. The zero-order valence-corrected chi connectivity index (χ0v) is 16.7. The second-order valence-electron chi connectivity index (χ2n) is 6.64. The van der Waals surface area contributed by atoms with Crippen molar-refractivity contribution in [3.63, 3.8) is 0 Å². The van der Waals surface area contributed by atoms with Crippen LogP contribution in [-0.4, -0.2) is 27.0 Å². The molecule has 0 radical (unpaired) electrons. The van der Waals surface area contributed by atoms with Crippen LogP contribution >= 0.6 is 11.3 Å². The van der Waals surface area contributed by atoms with Gasteiger partial charge in [-0.05, 0) is 19.1 Å². The van der Waals surface area contributed by atoms with Crippen LogP contribution in [0.4, 0.5) is 0 Å². The van der Waals surface area contributed by atoms with Gasteiger partial charge >= 0.3 is 0 Å². The van der Waals surface area contributed by atoms with E-state index in [1.165, 1.54) is 11.3 Å². The first kappa shape index (κ1) is 19.5. The molecule has 0 unspecified atom stereocenters. The fourth-order valence-electron chi connectivity index (χ4n) is 2.98. The lowest BCUT2D eigenvalue weighted by Gasteiger charge is -2.07. The topological polar surface area (TPSA) is 117 Å². The van der Waals surface area contributed by atoms with Crippen LogP contribution in [0.5, 0.6) is 0 Å². The van der Waals surface area contributed by atoms with Crippen LogP contribution in [0.3, 0.4) is 0 Å². The molecule has 8 nitrogen and oxygen atoms in total. The number of benzene rings is 2. The number of amides is 2. The SMILES string of the molecule is Cc1cccc(-c2nc(CC(=O)NNC(=O)c3n[nH]c(=O)c4ccccc34)cs2)c1. The number of H-pyrrole nitrogens is 1. The Morgan fingerprint density at radius 1 is 1.07 bits per heavy atom. The molecule has 150 valence electrons. The summed E-state index contributed by atoms with van der Waals surface area (Å²) in [5, 5.41) is 9.47. The summed E-state index contributed by atoms with van der Waals surface area (Å²) in [5.41, 5.74) is 7.05. The number of aromatic nitrogens is 3. The van der Waals surface area contributed by atoms with E-state index in [1.807, 2.05) is 36.6 Å². The average molecular weight is 419 g/mol. The van der Waals surface area contributed by atoms with E-state index in [9.17, 15) is 14.4 Å². The van der Waals surface area contributed by atoms with Crippen LogP contribution in [0, 0.1) is 6.92 Å². The minimum absolute atomic E-state index is 0.0147. The van der Waals surface area contributed by atoms with Crippen LogP contribution in [-0.2, 0) is 11.2 Å². The Morgan fingerprint density at radius 2 is 1.87 bits per heavy atom. The van der Waals surface area contributed by atoms with E-state index >= 15 is 0 Å². The number of hydrogen-bond donors (Lipinski definition) is 3. The van der Waals surface area contributed by atoms with E-state index < -0.39 is 11.8 Å². The molecule has 0 bridgehead atoms. The second-order valence-corrected chi connectivity index (χ2v) is 7.50. The quantitative estimate of drug-likeness (QED) is 0.439. The van der Waals surface area contributed by atoms with E-state index in [1.54, 1.807) is 24.3 Å². The molecular weight excluding hydrogens is 402 g/mol. The number of nitrogens with one attached hydrogen (secondary N) is 3. The number of aromatic amines is 1. The normalized spacial score (nSPS) is 10.7. The third-order valence-corrected chi connectivity index (χ3v) is 5.33. The molecule has 4 aromatic rings. The smallest absolute Gasteiger partial charge is 0.273 e. The fourth-order valence-corrected chi connectivity index (χ4v) is 3.80. The molecule has 2 aromatic heterocycles. The summed E-state index contributed by atoms with van der Waals surface area (Å²) in [5.74, 6) is -1.05. The molecule has 0 spiro atoms. The molecule has 3 N–H and O–H groups in total. The van der Waals surface area contributed by atoms with Crippen LogP contribution in [0.25, 0.3) is 21.3 Å². The lowest BCUT2D eigenvalue weighted by molar-refractivity contribution is -0.121. The van der Waals surface area contributed by atoms with Crippen LogP contribution in [0.1, 0.15) is 21.7 Å². The minimum Gasteiger partial charge on any atom is -0.273 e. The number of fused-ring (bicyclic) bond motifs is 1. The Hall–Kier alpha value is -3.85. The Kier molecular flexibility index (Phi) is 5.36. The van der Waals surface area contributed by atoms with Gasteiger partial charge in [-0.1, -0.05) is 42.0 Å². The van der Waals surface area contributed by atoms with Gasteiger partial charge in [0.25, 0.3) is 11.5 Å². The van der Waals surface area contributed by atoms with Gasteiger partial charge in [-0.3, -0.25) is 25.2 Å². The van der Waals surface area contributed by atoms with E-state index in [2.05, 4.69) is 26.0 Å². The molecule has 4 rings (SSSR count). The lowest BCUT2D eigenvalue weighted by Crippen LogP contribution is -2.43. The fraction of sp³-hybridized carbons (Fsp3) is 0.0952. The zero-order chi connectivity index (χ0) is 21.1. The molecule has 0 fully saturated rings. The van der Waals surface area contributed by atoms with Gasteiger partial charge in [0.05, 0.1) is 17.5 Å². The van der Waals surface area contributed by atoms with Crippen molar-refractivity contribution in [2.75, 3.05) is 0 Å². The molecule has 0 saturated carbocycles. The molecule has 2 aromatic carbocycles. The second kappa shape index (κ2) is 8.26. The van der Waals surface area contributed by atoms with Crippen molar-refractivity contribution in [1.29, 1.82) is 0 Å². The van der Waals surface area contributed by atoms with E-state index in [0.29, 0.717) is 16.5 Å². The molecule has 9 heteroatoms. The summed E-state index contributed by atoms with van der Waals surface area (Å²) in [6.07, 6.45) is 0.0163. The summed E-state index contributed by atoms with van der Waals surface area (Å²) < 4.78 is 0. The highest BCUT2D eigenvalue weighted by Crippen LogP contribution is 2.24. The number of carbonyl (C=O) groups is 2. The molecule has 2 amide bonds. The molecular formula is C21H17N5O3S. The molecule has 0 aliphatic carbocycles. The van der Waals surface area contributed by atoms with Crippen LogP contribution < -0.4 is 16.4 Å². The highest BCUT2D eigenvalue weighted by atomic mass is 32.1. The maximum absolute atomic E-state index is 12.4. The Bertz CT molecular complexity index is 1310. The predicted molar refractivity (Wildman–Crippen MR) is 114 cm³/mol. The molecule has 0 atom stereocenters. The van der Waals surface area contributed by atoms with Gasteiger partial charge in [0.2, 0.25) is 5.91 Å². The van der Waals surface area contributed by atoms with Crippen molar-refractivity contribution in [3.05, 3.63) is 81.2 Å². The van der Waals surface area contributed by atoms with Crippen molar-refractivity contribution in [2.45, 2.75) is 13.3 Å². The lowest BCUT2D eigenvalue weighted by atomic mass is 10.1. The van der Waals surface area contributed by atoms with E-state index in [-0.39, 0.29) is 17.7 Å². The van der Waals surface area contributed by atoms with Crippen molar-refractivity contribution in [3.8, 4) is 10.6 Å². The maximum atomic E-state index is 12.4. The number of aryl methyl sites for hydroxylation is 1. The number of nitrogens with zero attached hydrogens (tertiary/aromatic N) is 2. The third kappa shape index (κ3) is 4.11. The van der Waals surface area contributed by atoms with Gasteiger partial charge in [0, 0.05) is 16.3 Å². The molecule has 0 saturated heterocycles. The highest BCUT2D eigenvalue weighted by molar-refractivity contribution is 7.13. The standard InChI is InChI=1S/C21H17N5O3S/c1-12-5-4-6-13(9-12)21-22-14(11-30-21)10-17(27)23-26-20(29)18-15-7-2-3-8-16(15)19(28)25-24-18/h2-9,11H,10H2,1H3,(H,23,27)(H,25,28)(H,26,29). The average Bonchev–Trinajstić information content (AvgIpc) is 3.21. The molecule has 0 aliphatic rings. The summed E-state index contributed by atoms with van der Waals surface area (Å²) in [7, 11) is 0. The monoisotopic (exact) mass is 419 g/mol. The Morgan fingerprint density at radius 3 is 2.67 bits per heavy atom. The van der Waals surface area contributed by atoms with Crippen molar-refractivity contribution in [1.82, 2.24) is 26.0 Å².